The number of nitrogen functional groups attached to an aromatic ring is 1. The Morgan fingerprint density at radius 1 is 1.67 bits per heavy atom. The summed E-state index contributed by atoms with van der Waals surface area (Å²) in [6.45, 7) is 1.23. The van der Waals surface area contributed by atoms with E-state index in [4.69, 9.17) is 10.9 Å². The van der Waals surface area contributed by atoms with Crippen molar-refractivity contribution in [2.24, 2.45) is 11.8 Å². The van der Waals surface area contributed by atoms with E-state index in [9.17, 15) is 10.1 Å². The predicted molar refractivity (Wildman–Crippen MR) is 63.9 cm³/mol. The molecule has 98 valence electrons. The molecule has 0 radical (unpaired) electrons. The van der Waals surface area contributed by atoms with E-state index in [1.807, 2.05) is 0 Å². The number of nitrogens with one attached hydrogen (secondary N) is 1. The second-order valence-electron chi connectivity index (χ2n) is 4.08. The van der Waals surface area contributed by atoms with E-state index in [1.54, 1.807) is 4.90 Å². The molecule has 9 heteroatoms. The molecular formula is C9H14N6O3. The number of aromatic nitrogens is 2. The van der Waals surface area contributed by atoms with Crippen molar-refractivity contribution in [2.75, 3.05) is 30.0 Å². The Balaban J connectivity index is 2.36. The van der Waals surface area contributed by atoms with Crippen LogP contribution >= 0.6 is 0 Å². The molecule has 0 aliphatic carbocycles. The highest BCUT2D eigenvalue weighted by Crippen LogP contribution is 2.33. The van der Waals surface area contributed by atoms with Gasteiger partial charge in [0.15, 0.2) is 0 Å². The molecule has 0 spiro atoms. The van der Waals surface area contributed by atoms with Gasteiger partial charge in [0.25, 0.3) is 0 Å². The summed E-state index contributed by atoms with van der Waals surface area (Å²) in [5.74, 6) is 5.54. The lowest BCUT2D eigenvalue weighted by atomic mass is 10.1. The molecule has 1 saturated heterocycles. The minimum atomic E-state index is -0.559. The number of hydrogen-bond donors (Lipinski definition) is 3. The van der Waals surface area contributed by atoms with Gasteiger partial charge in [0, 0.05) is 25.6 Å². The van der Waals surface area contributed by atoms with Crippen molar-refractivity contribution in [3.8, 4) is 0 Å². The Kier molecular flexibility index (Phi) is 3.53. The van der Waals surface area contributed by atoms with Gasteiger partial charge in [-0.25, -0.2) is 15.8 Å². The number of aliphatic hydroxyl groups is 1. The highest BCUT2D eigenvalue weighted by Gasteiger charge is 2.31. The maximum Gasteiger partial charge on any atom is 0.354 e. The van der Waals surface area contributed by atoms with E-state index < -0.39 is 4.92 Å². The van der Waals surface area contributed by atoms with Gasteiger partial charge < -0.3 is 15.4 Å². The first-order chi connectivity index (χ1) is 8.67. The van der Waals surface area contributed by atoms with Crippen molar-refractivity contribution in [1.29, 1.82) is 0 Å². The molecule has 2 rings (SSSR count). The third kappa shape index (κ3) is 2.17. The third-order valence-corrected chi connectivity index (χ3v) is 2.97. The summed E-state index contributed by atoms with van der Waals surface area (Å²) in [4.78, 5) is 19.9. The van der Waals surface area contributed by atoms with Crippen LogP contribution in [0.5, 0.6) is 0 Å². The number of nitrogens with two attached hydrogens (primary N) is 1. The summed E-state index contributed by atoms with van der Waals surface area (Å²) in [5.41, 5.74) is 1.96. The summed E-state index contributed by atoms with van der Waals surface area (Å²) >= 11 is 0. The van der Waals surface area contributed by atoms with Gasteiger partial charge in [-0.1, -0.05) is 0 Å². The van der Waals surface area contributed by atoms with Gasteiger partial charge in [-0.2, -0.15) is 0 Å². The lowest BCUT2D eigenvalue weighted by molar-refractivity contribution is -0.383. The maximum atomic E-state index is 11.1. The number of hydrazine groups is 1. The summed E-state index contributed by atoms with van der Waals surface area (Å²) in [5, 5.41) is 20.1. The quantitative estimate of drug-likeness (QED) is 0.372. The molecule has 1 aliphatic rings. The van der Waals surface area contributed by atoms with Crippen molar-refractivity contribution < 1.29 is 10.0 Å². The number of anilines is 2. The van der Waals surface area contributed by atoms with Gasteiger partial charge in [-0.05, 0) is 6.42 Å². The fourth-order valence-electron chi connectivity index (χ4n) is 2.05. The van der Waals surface area contributed by atoms with Crippen molar-refractivity contribution >= 4 is 17.3 Å². The fraction of sp³-hybridized carbons (Fsp3) is 0.556. The zero-order chi connectivity index (χ0) is 13.1. The Morgan fingerprint density at radius 2 is 2.44 bits per heavy atom. The zero-order valence-corrected chi connectivity index (χ0v) is 9.61. The second kappa shape index (κ2) is 5.10. The van der Waals surface area contributed by atoms with E-state index in [0.29, 0.717) is 13.1 Å². The molecule has 1 unspecified atom stereocenters. The molecule has 0 amide bonds. The molecule has 18 heavy (non-hydrogen) atoms. The molecule has 1 aliphatic heterocycles. The van der Waals surface area contributed by atoms with E-state index >= 15 is 0 Å². The summed E-state index contributed by atoms with van der Waals surface area (Å²) in [6, 6.07) is 0. The number of nitrogens with zero attached hydrogens (tertiary/aromatic N) is 4. The Morgan fingerprint density at radius 3 is 3.00 bits per heavy atom. The summed E-state index contributed by atoms with van der Waals surface area (Å²) < 4.78 is 0. The van der Waals surface area contributed by atoms with Gasteiger partial charge in [-0.15, -0.1) is 0 Å². The number of nitro groups is 1. The number of hydrogen-bond acceptors (Lipinski definition) is 8. The van der Waals surface area contributed by atoms with Crippen LogP contribution in [0.3, 0.4) is 0 Å². The number of aliphatic hydroxyl groups excluding tert-OH is 1. The lowest BCUT2D eigenvalue weighted by Gasteiger charge is -2.17. The molecule has 0 aromatic carbocycles. The standard InChI is InChI=1S/C9H14N6O3/c10-13-8-7(15(17)18)9(12-5-11-8)14-2-1-6(3-14)4-16/h5-6,16H,1-4,10H2,(H,11,12,13). The molecule has 4 N–H and O–H groups in total. The predicted octanol–water partition coefficient (Wildman–Crippen LogP) is -0.511. The van der Waals surface area contributed by atoms with Crippen molar-refractivity contribution in [3.63, 3.8) is 0 Å². The van der Waals surface area contributed by atoms with E-state index in [-0.39, 0.29) is 29.8 Å². The fourth-order valence-corrected chi connectivity index (χ4v) is 2.05. The van der Waals surface area contributed by atoms with Crippen LogP contribution in [0.2, 0.25) is 0 Å². The molecule has 0 bridgehead atoms. The first-order valence-corrected chi connectivity index (χ1v) is 5.49. The van der Waals surface area contributed by atoms with Gasteiger partial charge in [-0.3, -0.25) is 10.1 Å². The molecule has 1 aromatic heterocycles. The minimum Gasteiger partial charge on any atom is -0.396 e. The van der Waals surface area contributed by atoms with Crippen LogP contribution in [0.15, 0.2) is 6.33 Å². The average molecular weight is 254 g/mol. The lowest BCUT2D eigenvalue weighted by Crippen LogP contribution is -2.24. The van der Waals surface area contributed by atoms with Gasteiger partial charge >= 0.3 is 5.69 Å². The number of rotatable bonds is 4. The van der Waals surface area contributed by atoms with Crippen LogP contribution in [-0.2, 0) is 0 Å². The van der Waals surface area contributed by atoms with E-state index in [1.165, 1.54) is 6.33 Å². The first-order valence-electron chi connectivity index (χ1n) is 5.49. The molecule has 2 heterocycles. The smallest absolute Gasteiger partial charge is 0.354 e. The Bertz CT molecular complexity index is 454. The maximum absolute atomic E-state index is 11.1. The Hall–Kier alpha value is -2.00. The normalized spacial score (nSPS) is 19.0. The first kappa shape index (κ1) is 12.5. The molecule has 9 nitrogen and oxygen atoms in total. The largest absolute Gasteiger partial charge is 0.396 e. The summed E-state index contributed by atoms with van der Waals surface area (Å²) in [7, 11) is 0. The highest BCUT2D eigenvalue weighted by atomic mass is 16.6. The van der Waals surface area contributed by atoms with Crippen molar-refractivity contribution in [1.82, 2.24) is 9.97 Å². The van der Waals surface area contributed by atoms with Crippen LogP contribution in [0.4, 0.5) is 17.3 Å². The van der Waals surface area contributed by atoms with Crippen LogP contribution in [0, 0.1) is 16.0 Å². The average Bonchev–Trinajstić information content (AvgIpc) is 2.86. The van der Waals surface area contributed by atoms with Crippen LogP contribution < -0.4 is 16.2 Å². The topological polar surface area (TPSA) is 130 Å². The molecule has 1 atom stereocenters. The highest BCUT2D eigenvalue weighted by molar-refractivity contribution is 5.70. The van der Waals surface area contributed by atoms with Crippen LogP contribution in [-0.4, -0.2) is 39.7 Å². The molecule has 1 fully saturated rings. The SMILES string of the molecule is NNc1ncnc(N2CCC(CO)C2)c1[N+](=O)[O-]. The van der Waals surface area contributed by atoms with E-state index in [0.717, 1.165) is 6.42 Å². The van der Waals surface area contributed by atoms with Gasteiger partial charge in [0.1, 0.15) is 6.33 Å². The van der Waals surface area contributed by atoms with Crippen LogP contribution in [0.1, 0.15) is 6.42 Å². The Labute approximate surface area is 103 Å². The monoisotopic (exact) mass is 254 g/mol. The summed E-state index contributed by atoms with van der Waals surface area (Å²) in [6.07, 6.45) is 2.01. The van der Waals surface area contributed by atoms with Gasteiger partial charge in [0.2, 0.25) is 11.6 Å². The van der Waals surface area contributed by atoms with Gasteiger partial charge in [0.05, 0.1) is 4.92 Å². The minimum absolute atomic E-state index is 0.0163. The van der Waals surface area contributed by atoms with Crippen molar-refractivity contribution in [2.45, 2.75) is 6.42 Å². The second-order valence-corrected chi connectivity index (χ2v) is 4.08. The zero-order valence-electron chi connectivity index (χ0n) is 9.61. The van der Waals surface area contributed by atoms with Crippen LogP contribution in [0.25, 0.3) is 0 Å². The van der Waals surface area contributed by atoms with E-state index in [2.05, 4.69) is 15.4 Å². The molecular weight excluding hydrogens is 240 g/mol. The molecule has 1 aromatic rings. The van der Waals surface area contributed by atoms with Crippen molar-refractivity contribution in [3.05, 3.63) is 16.4 Å². The third-order valence-electron chi connectivity index (χ3n) is 2.97. The molecule has 0 saturated carbocycles.